The van der Waals surface area contributed by atoms with E-state index < -0.39 is 11.5 Å². The lowest BCUT2D eigenvalue weighted by Crippen LogP contribution is -2.19. The van der Waals surface area contributed by atoms with Crippen LogP contribution in [0.15, 0.2) is 91.4 Å². The summed E-state index contributed by atoms with van der Waals surface area (Å²) in [5, 5.41) is 8.54. The molecule has 0 saturated heterocycles. The average Bonchev–Trinajstić information content (AvgIpc) is 3.53. The highest BCUT2D eigenvalue weighted by atomic mass is 79.9. The molecule has 0 aliphatic rings. The first-order valence-electron chi connectivity index (χ1n) is 12.7. The molecule has 0 bridgehead atoms. The minimum atomic E-state index is -0.817. The summed E-state index contributed by atoms with van der Waals surface area (Å²) >= 11 is 3.64. The van der Waals surface area contributed by atoms with Crippen molar-refractivity contribution in [1.29, 1.82) is 0 Å². The SMILES string of the molecule is CCCCOc1c(Br)cc(C(c2c(-c3ccccc3)[nH][nH]c2=O)c2c(-c3ccccc3)[nH]oc2=O)cc1OC. The minimum absolute atomic E-state index is 0.303. The second kappa shape index (κ2) is 11.7. The van der Waals surface area contributed by atoms with E-state index in [9.17, 15) is 9.59 Å². The van der Waals surface area contributed by atoms with Crippen LogP contribution in [0.3, 0.4) is 0 Å². The van der Waals surface area contributed by atoms with Gasteiger partial charge < -0.3 is 14.0 Å². The zero-order valence-corrected chi connectivity index (χ0v) is 23.1. The zero-order chi connectivity index (χ0) is 27.4. The van der Waals surface area contributed by atoms with E-state index in [-0.39, 0.29) is 5.56 Å². The average molecular weight is 590 g/mol. The first kappa shape index (κ1) is 26.4. The van der Waals surface area contributed by atoms with Crippen LogP contribution in [-0.2, 0) is 0 Å². The Balaban J connectivity index is 1.78. The van der Waals surface area contributed by atoms with Gasteiger partial charge in [0.2, 0.25) is 0 Å². The number of H-pyrrole nitrogens is 3. The van der Waals surface area contributed by atoms with E-state index in [0.717, 1.165) is 24.0 Å². The smallest absolute Gasteiger partial charge is 0.362 e. The number of aromatic amines is 3. The lowest BCUT2D eigenvalue weighted by Gasteiger charge is -2.20. The Morgan fingerprint density at radius 1 is 0.897 bits per heavy atom. The summed E-state index contributed by atoms with van der Waals surface area (Å²) in [5.41, 5.74) is 3.01. The predicted octanol–water partition coefficient (Wildman–Crippen LogP) is 6.45. The van der Waals surface area contributed by atoms with Crippen LogP contribution in [0.4, 0.5) is 0 Å². The van der Waals surface area contributed by atoms with Gasteiger partial charge in [-0.25, -0.2) is 9.95 Å². The number of aromatic nitrogens is 3. The Bertz CT molecular complexity index is 1580. The number of nitrogens with one attached hydrogen (secondary N) is 3. The van der Waals surface area contributed by atoms with Gasteiger partial charge in [0.1, 0.15) is 0 Å². The zero-order valence-electron chi connectivity index (χ0n) is 21.5. The fourth-order valence-electron chi connectivity index (χ4n) is 4.71. The molecule has 0 spiro atoms. The quantitative estimate of drug-likeness (QED) is 0.162. The summed E-state index contributed by atoms with van der Waals surface area (Å²) in [6, 6.07) is 22.5. The van der Waals surface area contributed by atoms with Crippen LogP contribution < -0.4 is 20.7 Å². The summed E-state index contributed by atoms with van der Waals surface area (Å²) < 4.78 is 17.7. The van der Waals surface area contributed by atoms with Crippen molar-refractivity contribution in [2.45, 2.75) is 25.7 Å². The lowest BCUT2D eigenvalue weighted by molar-refractivity contribution is 0.286. The third kappa shape index (κ3) is 5.22. The van der Waals surface area contributed by atoms with Gasteiger partial charge in [-0.15, -0.1) is 0 Å². The first-order chi connectivity index (χ1) is 19.0. The maximum absolute atomic E-state index is 13.5. The molecule has 5 rings (SSSR count). The number of hydrogen-bond donors (Lipinski definition) is 3. The molecule has 200 valence electrons. The number of halogens is 1. The van der Waals surface area contributed by atoms with Crippen molar-refractivity contribution in [3.8, 4) is 34.0 Å². The number of unbranched alkanes of at least 4 members (excludes halogenated alkanes) is 1. The van der Waals surface area contributed by atoms with Crippen LogP contribution in [-0.4, -0.2) is 29.1 Å². The van der Waals surface area contributed by atoms with Crippen LogP contribution >= 0.6 is 15.9 Å². The molecular formula is C30H28BrN3O5. The van der Waals surface area contributed by atoms with E-state index in [1.54, 1.807) is 13.2 Å². The number of benzene rings is 3. The molecular weight excluding hydrogens is 562 g/mol. The van der Waals surface area contributed by atoms with Crippen LogP contribution in [0.25, 0.3) is 22.5 Å². The van der Waals surface area contributed by atoms with Gasteiger partial charge in [-0.05, 0) is 45.6 Å². The topological polar surface area (TPSA) is 113 Å². The Kier molecular flexibility index (Phi) is 7.88. The van der Waals surface area contributed by atoms with Gasteiger partial charge in [0, 0.05) is 5.56 Å². The third-order valence-electron chi connectivity index (χ3n) is 6.58. The molecule has 2 aromatic heterocycles. The summed E-state index contributed by atoms with van der Waals surface area (Å²) in [6.07, 6.45) is 1.88. The van der Waals surface area contributed by atoms with Crippen LogP contribution in [0.2, 0.25) is 0 Å². The number of rotatable bonds is 10. The molecule has 8 nitrogen and oxygen atoms in total. The van der Waals surface area contributed by atoms with Gasteiger partial charge in [-0.1, -0.05) is 74.0 Å². The molecule has 0 fully saturated rings. The molecule has 39 heavy (non-hydrogen) atoms. The fraction of sp³-hybridized carbons (Fsp3) is 0.200. The normalized spacial score (nSPS) is 11.9. The number of methoxy groups -OCH3 is 1. The molecule has 0 radical (unpaired) electrons. The van der Waals surface area contributed by atoms with Crippen molar-refractivity contribution < 1.29 is 14.0 Å². The van der Waals surface area contributed by atoms with Gasteiger partial charge in [0.25, 0.3) is 5.56 Å². The molecule has 1 unspecified atom stereocenters. The highest BCUT2D eigenvalue weighted by Gasteiger charge is 2.33. The van der Waals surface area contributed by atoms with Crippen molar-refractivity contribution in [3.63, 3.8) is 0 Å². The summed E-state index contributed by atoms with van der Waals surface area (Å²) in [7, 11) is 1.56. The van der Waals surface area contributed by atoms with Gasteiger partial charge in [0.15, 0.2) is 11.5 Å². The minimum Gasteiger partial charge on any atom is -0.493 e. The van der Waals surface area contributed by atoms with E-state index in [2.05, 4.69) is 38.2 Å². The van der Waals surface area contributed by atoms with Gasteiger partial charge in [-0.3, -0.25) is 15.0 Å². The van der Waals surface area contributed by atoms with Gasteiger partial charge >= 0.3 is 5.63 Å². The van der Waals surface area contributed by atoms with E-state index in [1.807, 2.05) is 66.7 Å². The second-order valence-electron chi connectivity index (χ2n) is 9.05. The summed E-state index contributed by atoms with van der Waals surface area (Å²) in [5.74, 6) is 0.224. The molecule has 3 N–H and O–H groups in total. The maximum atomic E-state index is 13.5. The molecule has 5 aromatic rings. The Hall–Kier alpha value is -4.24. The van der Waals surface area contributed by atoms with Crippen molar-refractivity contribution >= 4 is 15.9 Å². The van der Waals surface area contributed by atoms with E-state index in [4.69, 9.17) is 14.0 Å². The van der Waals surface area contributed by atoms with Crippen LogP contribution in [0.1, 0.15) is 42.4 Å². The second-order valence-corrected chi connectivity index (χ2v) is 9.90. The van der Waals surface area contributed by atoms with E-state index in [0.29, 0.717) is 50.7 Å². The molecule has 2 heterocycles. The maximum Gasteiger partial charge on any atom is 0.362 e. The third-order valence-corrected chi connectivity index (χ3v) is 7.17. The Labute approximate surface area is 233 Å². The predicted molar refractivity (Wildman–Crippen MR) is 154 cm³/mol. The number of hydrogen-bond acceptors (Lipinski definition) is 5. The summed E-state index contributed by atoms with van der Waals surface area (Å²) in [6.45, 7) is 2.62. The van der Waals surface area contributed by atoms with Crippen molar-refractivity contribution in [2.24, 2.45) is 0 Å². The van der Waals surface area contributed by atoms with Crippen molar-refractivity contribution in [1.82, 2.24) is 15.4 Å². The summed E-state index contributed by atoms with van der Waals surface area (Å²) in [4.78, 5) is 26.8. The van der Waals surface area contributed by atoms with Crippen molar-refractivity contribution in [3.05, 3.63) is 115 Å². The molecule has 0 saturated carbocycles. The van der Waals surface area contributed by atoms with Gasteiger partial charge in [0.05, 0.1) is 46.6 Å². The van der Waals surface area contributed by atoms with Crippen LogP contribution in [0, 0.1) is 0 Å². The largest absolute Gasteiger partial charge is 0.493 e. The van der Waals surface area contributed by atoms with E-state index in [1.165, 1.54) is 0 Å². The molecule has 0 amide bonds. The van der Waals surface area contributed by atoms with Crippen LogP contribution in [0.5, 0.6) is 11.5 Å². The van der Waals surface area contributed by atoms with Gasteiger partial charge in [-0.2, -0.15) is 0 Å². The molecule has 0 aliphatic heterocycles. The van der Waals surface area contributed by atoms with Crippen molar-refractivity contribution in [2.75, 3.05) is 13.7 Å². The first-order valence-corrected chi connectivity index (χ1v) is 13.5. The molecule has 9 heteroatoms. The number of ether oxygens (including phenoxy) is 2. The molecule has 0 aliphatic carbocycles. The lowest BCUT2D eigenvalue weighted by atomic mass is 9.83. The highest BCUT2D eigenvalue weighted by Crippen LogP contribution is 2.44. The fourth-order valence-corrected chi connectivity index (χ4v) is 5.28. The Morgan fingerprint density at radius 2 is 1.56 bits per heavy atom. The molecule has 3 aromatic carbocycles. The molecule has 1 atom stereocenters. The standard InChI is InChI=1S/C30H28BrN3O5/c1-3-4-15-38-28-21(31)16-20(17-22(28)37-2)23(24-26(32-33-29(24)35)18-11-7-5-8-12-18)25-27(34-39-30(25)36)19-13-9-6-10-14-19/h5-14,16-17,23,34H,3-4,15H2,1-2H3,(H2,32,33,35). The van der Waals surface area contributed by atoms with E-state index >= 15 is 0 Å². The monoisotopic (exact) mass is 589 g/mol. The highest BCUT2D eigenvalue weighted by molar-refractivity contribution is 9.10. The Morgan fingerprint density at radius 3 is 2.21 bits per heavy atom.